The Morgan fingerprint density at radius 3 is 2.35 bits per heavy atom. The van der Waals surface area contributed by atoms with E-state index in [1.807, 2.05) is 22.4 Å². The predicted octanol–water partition coefficient (Wildman–Crippen LogP) is 2.14. The fourth-order valence-electron chi connectivity index (χ4n) is 2.99. The highest BCUT2D eigenvalue weighted by Crippen LogP contribution is 2.09. The van der Waals surface area contributed by atoms with Gasteiger partial charge in [-0.1, -0.05) is 37.3 Å². The highest BCUT2D eigenvalue weighted by atomic mass is 32.1. The molecule has 124 valence electrons. The highest BCUT2D eigenvalue weighted by molar-refractivity contribution is 7.71. The Balaban J connectivity index is 1.69. The number of nitrogens with zero attached hydrogens (tertiary/aromatic N) is 5. The third kappa shape index (κ3) is 3.88. The molecular formula is C17H25N5S. The molecule has 6 heteroatoms. The first-order valence-corrected chi connectivity index (χ1v) is 8.69. The minimum atomic E-state index is 0.791. The van der Waals surface area contributed by atoms with Crippen LogP contribution < -0.4 is 0 Å². The molecule has 0 bridgehead atoms. The van der Waals surface area contributed by atoms with E-state index in [1.54, 1.807) is 0 Å². The normalized spacial score (nSPS) is 16.8. The average Bonchev–Trinajstić information content (AvgIpc) is 2.84. The van der Waals surface area contributed by atoms with Gasteiger partial charge in [0.15, 0.2) is 4.77 Å². The number of benzene rings is 1. The molecule has 2 heterocycles. The van der Waals surface area contributed by atoms with Crippen molar-refractivity contribution in [2.45, 2.75) is 20.0 Å². The van der Waals surface area contributed by atoms with Gasteiger partial charge in [-0.3, -0.25) is 4.90 Å². The van der Waals surface area contributed by atoms with Crippen LogP contribution in [0.2, 0.25) is 0 Å². The van der Waals surface area contributed by atoms with Gasteiger partial charge in [0, 0.05) is 39.6 Å². The highest BCUT2D eigenvalue weighted by Gasteiger charge is 2.17. The summed E-state index contributed by atoms with van der Waals surface area (Å²) in [7, 11) is 2.01. The molecule has 5 nitrogen and oxygen atoms in total. The SMILES string of the molecule is CCN1CCN(Cn2nc(Cc3ccccc3)n(C)c2=S)CC1. The Morgan fingerprint density at radius 1 is 1.04 bits per heavy atom. The molecule has 0 aliphatic carbocycles. The summed E-state index contributed by atoms with van der Waals surface area (Å²) >= 11 is 5.57. The molecule has 1 saturated heterocycles. The molecule has 2 aromatic rings. The molecule has 0 spiro atoms. The van der Waals surface area contributed by atoms with Crippen LogP contribution in [0.1, 0.15) is 18.3 Å². The largest absolute Gasteiger partial charge is 0.307 e. The summed E-state index contributed by atoms with van der Waals surface area (Å²) in [6.45, 7) is 8.58. The van der Waals surface area contributed by atoms with Crippen LogP contribution in [-0.4, -0.2) is 56.9 Å². The van der Waals surface area contributed by atoms with Crippen molar-refractivity contribution < 1.29 is 0 Å². The van der Waals surface area contributed by atoms with Gasteiger partial charge in [0.25, 0.3) is 0 Å². The van der Waals surface area contributed by atoms with E-state index in [4.69, 9.17) is 17.3 Å². The van der Waals surface area contributed by atoms with Gasteiger partial charge in [-0.25, -0.2) is 4.68 Å². The van der Waals surface area contributed by atoms with Crippen molar-refractivity contribution in [3.8, 4) is 0 Å². The summed E-state index contributed by atoms with van der Waals surface area (Å²) < 4.78 is 4.80. The lowest BCUT2D eigenvalue weighted by molar-refractivity contribution is 0.106. The Morgan fingerprint density at radius 2 is 1.70 bits per heavy atom. The lowest BCUT2D eigenvalue weighted by Crippen LogP contribution is -2.46. The minimum absolute atomic E-state index is 0.791. The molecule has 0 amide bonds. The number of rotatable bonds is 5. The van der Waals surface area contributed by atoms with Gasteiger partial charge in [-0.05, 0) is 24.3 Å². The van der Waals surface area contributed by atoms with Gasteiger partial charge in [0.2, 0.25) is 0 Å². The van der Waals surface area contributed by atoms with Crippen LogP contribution in [0.3, 0.4) is 0 Å². The standard InChI is InChI=1S/C17H25N5S/c1-3-20-9-11-21(12-10-20)14-22-17(23)19(2)16(18-22)13-15-7-5-4-6-8-15/h4-8H,3,9-14H2,1-2H3. The van der Waals surface area contributed by atoms with Gasteiger partial charge >= 0.3 is 0 Å². The van der Waals surface area contributed by atoms with E-state index >= 15 is 0 Å². The Kier molecular flexibility index (Phi) is 5.25. The van der Waals surface area contributed by atoms with Crippen LogP contribution in [-0.2, 0) is 20.1 Å². The van der Waals surface area contributed by atoms with E-state index in [2.05, 4.69) is 41.0 Å². The van der Waals surface area contributed by atoms with Crippen molar-refractivity contribution in [2.75, 3.05) is 32.7 Å². The lowest BCUT2D eigenvalue weighted by atomic mass is 10.1. The van der Waals surface area contributed by atoms with Gasteiger partial charge < -0.3 is 9.47 Å². The zero-order valence-electron chi connectivity index (χ0n) is 14.0. The van der Waals surface area contributed by atoms with E-state index in [-0.39, 0.29) is 0 Å². The van der Waals surface area contributed by atoms with Gasteiger partial charge in [-0.15, -0.1) is 0 Å². The van der Waals surface area contributed by atoms with Crippen molar-refractivity contribution in [3.63, 3.8) is 0 Å². The van der Waals surface area contributed by atoms with E-state index in [9.17, 15) is 0 Å². The molecule has 23 heavy (non-hydrogen) atoms. The van der Waals surface area contributed by atoms with Crippen molar-refractivity contribution in [1.29, 1.82) is 0 Å². The van der Waals surface area contributed by atoms with Crippen molar-refractivity contribution in [2.24, 2.45) is 7.05 Å². The molecule has 0 atom stereocenters. The zero-order chi connectivity index (χ0) is 16.2. The van der Waals surface area contributed by atoms with E-state index in [1.165, 1.54) is 5.56 Å². The second-order valence-electron chi connectivity index (χ2n) is 6.11. The number of hydrogen-bond acceptors (Lipinski definition) is 4. The second kappa shape index (κ2) is 7.38. The molecule has 1 fully saturated rings. The summed E-state index contributed by atoms with van der Waals surface area (Å²) in [5.41, 5.74) is 1.26. The maximum absolute atomic E-state index is 5.57. The van der Waals surface area contributed by atoms with E-state index < -0.39 is 0 Å². The van der Waals surface area contributed by atoms with Crippen molar-refractivity contribution in [3.05, 3.63) is 46.5 Å². The summed E-state index contributed by atoms with van der Waals surface area (Å²) in [5.74, 6) is 1.02. The molecule has 0 unspecified atom stereocenters. The molecule has 0 saturated carbocycles. The Hall–Kier alpha value is -1.50. The van der Waals surface area contributed by atoms with Crippen LogP contribution >= 0.6 is 12.2 Å². The average molecular weight is 331 g/mol. The Bertz CT molecular complexity index is 683. The molecule has 1 aliphatic rings. The summed E-state index contributed by atoms with van der Waals surface area (Å²) in [4.78, 5) is 4.91. The molecule has 0 N–H and O–H groups in total. The molecule has 0 radical (unpaired) electrons. The maximum atomic E-state index is 5.57. The number of hydrogen-bond donors (Lipinski definition) is 0. The fourth-order valence-corrected chi connectivity index (χ4v) is 3.20. The van der Waals surface area contributed by atoms with Gasteiger partial charge in [-0.2, -0.15) is 5.10 Å². The van der Waals surface area contributed by atoms with Crippen LogP contribution in [0.4, 0.5) is 0 Å². The third-order valence-electron chi connectivity index (χ3n) is 4.58. The molecule has 1 aromatic heterocycles. The quantitative estimate of drug-likeness (QED) is 0.785. The minimum Gasteiger partial charge on any atom is -0.307 e. The van der Waals surface area contributed by atoms with Crippen molar-refractivity contribution in [1.82, 2.24) is 24.1 Å². The molecule has 1 aromatic carbocycles. The van der Waals surface area contributed by atoms with Crippen LogP contribution in [0.5, 0.6) is 0 Å². The molecular weight excluding hydrogens is 306 g/mol. The first kappa shape index (κ1) is 16.4. The summed E-state index contributed by atoms with van der Waals surface area (Å²) in [6.07, 6.45) is 0.817. The molecule has 1 aliphatic heterocycles. The molecule has 3 rings (SSSR count). The number of piperazine rings is 1. The summed E-state index contributed by atoms with van der Waals surface area (Å²) in [5, 5.41) is 4.76. The monoisotopic (exact) mass is 331 g/mol. The van der Waals surface area contributed by atoms with Crippen molar-refractivity contribution >= 4 is 12.2 Å². The second-order valence-corrected chi connectivity index (χ2v) is 6.48. The predicted molar refractivity (Wildman–Crippen MR) is 95.0 cm³/mol. The van der Waals surface area contributed by atoms with E-state index in [0.29, 0.717) is 0 Å². The van der Waals surface area contributed by atoms with Crippen LogP contribution in [0.25, 0.3) is 0 Å². The number of likely N-dealkylation sites (N-methyl/N-ethyl adjacent to an activating group) is 1. The fraction of sp³-hybridized carbons (Fsp3) is 0.529. The first-order valence-electron chi connectivity index (χ1n) is 8.28. The summed E-state index contributed by atoms with van der Waals surface area (Å²) in [6, 6.07) is 10.4. The van der Waals surface area contributed by atoms with Crippen LogP contribution in [0, 0.1) is 4.77 Å². The third-order valence-corrected chi connectivity index (χ3v) is 5.07. The zero-order valence-corrected chi connectivity index (χ0v) is 14.8. The van der Waals surface area contributed by atoms with Gasteiger partial charge in [0.1, 0.15) is 5.82 Å². The Labute approximate surface area is 143 Å². The smallest absolute Gasteiger partial charge is 0.198 e. The van der Waals surface area contributed by atoms with Crippen LogP contribution in [0.15, 0.2) is 30.3 Å². The first-order chi connectivity index (χ1) is 11.2. The topological polar surface area (TPSA) is 29.2 Å². The lowest BCUT2D eigenvalue weighted by Gasteiger charge is -2.33. The maximum Gasteiger partial charge on any atom is 0.198 e. The van der Waals surface area contributed by atoms with Gasteiger partial charge in [0.05, 0.1) is 6.67 Å². The van der Waals surface area contributed by atoms with E-state index in [0.717, 1.165) is 56.4 Å². The number of aromatic nitrogens is 3.